The van der Waals surface area contributed by atoms with E-state index in [0.717, 1.165) is 0 Å². The molecule has 0 aliphatic carbocycles. The fourth-order valence-corrected chi connectivity index (χ4v) is 1.05. The van der Waals surface area contributed by atoms with Crippen LogP contribution in [-0.4, -0.2) is 60.3 Å². The van der Waals surface area contributed by atoms with Crippen molar-refractivity contribution in [1.29, 1.82) is 0 Å². The summed E-state index contributed by atoms with van der Waals surface area (Å²) in [5, 5.41) is 28.3. The Bertz CT molecular complexity index is 229. The molecule has 0 aliphatic rings. The van der Waals surface area contributed by atoms with Crippen molar-refractivity contribution >= 4 is 16.7 Å². The van der Waals surface area contributed by atoms with E-state index in [9.17, 15) is 8.42 Å². The van der Waals surface area contributed by atoms with Gasteiger partial charge in [-0.1, -0.05) is 0 Å². The fraction of sp³-hybridized carbons (Fsp3) is 1.00. The van der Waals surface area contributed by atoms with Gasteiger partial charge < -0.3 is 20.5 Å². The van der Waals surface area contributed by atoms with Gasteiger partial charge in [0, 0.05) is 0 Å². The van der Waals surface area contributed by atoms with E-state index in [1.807, 2.05) is 0 Å². The highest BCUT2D eigenvalue weighted by Crippen LogP contribution is 2.00. The molecular weight excluding hydrogens is 201 g/mol. The number of rotatable bonds is 6. The first-order valence-electron chi connectivity index (χ1n) is 3.42. The van der Waals surface area contributed by atoms with E-state index in [4.69, 9.17) is 19.9 Å². The van der Waals surface area contributed by atoms with Crippen molar-refractivity contribution in [1.82, 2.24) is 5.23 Å². The molecule has 0 rings (SSSR count). The first-order chi connectivity index (χ1) is 5.89. The summed E-state index contributed by atoms with van der Waals surface area (Å²) >= 11 is 0. The van der Waals surface area contributed by atoms with Crippen LogP contribution in [0.25, 0.3) is 0 Å². The molecule has 0 aromatic rings. The Morgan fingerprint density at radius 2 is 1.54 bits per heavy atom. The molecule has 0 aromatic heterocycles. The third kappa shape index (κ3) is 4.55. The Morgan fingerprint density at radius 1 is 1.15 bits per heavy atom. The molecular formula is C4H12BNO6S. The lowest BCUT2D eigenvalue weighted by Crippen LogP contribution is -2.57. The highest BCUT2D eigenvalue weighted by molar-refractivity contribution is 8.10. The number of hydrogen-bond acceptors (Lipinski definition) is 6. The van der Waals surface area contributed by atoms with Crippen molar-refractivity contribution in [2.75, 3.05) is 19.8 Å². The quantitative estimate of drug-likeness (QED) is 0.228. The minimum atomic E-state index is -4.23. The van der Waals surface area contributed by atoms with Gasteiger partial charge in [0.2, 0.25) is 9.97 Å². The van der Waals surface area contributed by atoms with Crippen LogP contribution >= 0.6 is 0 Å². The van der Waals surface area contributed by atoms with Crippen molar-refractivity contribution in [2.45, 2.75) is 5.54 Å². The van der Waals surface area contributed by atoms with Crippen molar-refractivity contribution in [3.05, 3.63) is 0 Å². The molecule has 0 fully saturated rings. The number of hydrogen-bond donors (Lipinski definition) is 5. The third-order valence-electron chi connectivity index (χ3n) is 1.54. The second-order valence-electron chi connectivity index (χ2n) is 2.66. The molecule has 0 saturated heterocycles. The van der Waals surface area contributed by atoms with Gasteiger partial charge in [-0.15, -0.1) is 0 Å². The van der Waals surface area contributed by atoms with Crippen molar-refractivity contribution in [2.24, 2.45) is 0 Å². The lowest BCUT2D eigenvalue weighted by atomic mass is 10.0. The predicted molar refractivity (Wildman–Crippen MR) is 45.8 cm³/mol. The van der Waals surface area contributed by atoms with Crippen LogP contribution in [0.3, 0.4) is 0 Å². The number of aliphatic hydroxyl groups excluding tert-OH is 3. The molecule has 0 spiro atoms. The van der Waals surface area contributed by atoms with E-state index < -0.39 is 42.0 Å². The van der Waals surface area contributed by atoms with E-state index >= 15 is 0 Å². The van der Waals surface area contributed by atoms with Crippen LogP contribution in [0.2, 0.25) is 0 Å². The maximum atomic E-state index is 10.3. The molecule has 0 bridgehead atoms. The van der Waals surface area contributed by atoms with Gasteiger partial charge in [0.15, 0.2) is 0 Å². The molecule has 13 heavy (non-hydrogen) atoms. The van der Waals surface area contributed by atoms with Crippen LogP contribution in [0.15, 0.2) is 0 Å². The summed E-state index contributed by atoms with van der Waals surface area (Å²) in [6, 6.07) is 0. The average molecular weight is 213 g/mol. The van der Waals surface area contributed by atoms with Crippen molar-refractivity contribution in [3.8, 4) is 0 Å². The lowest BCUT2D eigenvalue weighted by Gasteiger charge is -2.27. The molecule has 0 aliphatic heterocycles. The molecule has 7 nitrogen and oxygen atoms in total. The minimum absolute atomic E-state index is 0.643. The molecule has 0 amide bonds. The van der Waals surface area contributed by atoms with Gasteiger partial charge in [0.05, 0.1) is 25.4 Å². The van der Waals surface area contributed by atoms with Gasteiger partial charge in [-0.05, 0) is 0 Å². The first kappa shape index (κ1) is 12.8. The molecule has 0 atom stereocenters. The summed E-state index contributed by atoms with van der Waals surface area (Å²) in [6.07, 6.45) is 0. The van der Waals surface area contributed by atoms with E-state index in [-0.39, 0.29) is 0 Å². The Hall–Kier alpha value is -0.185. The van der Waals surface area contributed by atoms with Crippen LogP contribution in [0.4, 0.5) is 0 Å². The summed E-state index contributed by atoms with van der Waals surface area (Å²) in [5.74, 6) is 0. The van der Waals surface area contributed by atoms with E-state index in [0.29, 0.717) is 0 Å². The molecule has 0 saturated carbocycles. The summed E-state index contributed by atoms with van der Waals surface area (Å²) in [5.41, 5.74) is -1.49. The first-order valence-corrected chi connectivity index (χ1v) is 5.03. The monoisotopic (exact) mass is 213 g/mol. The normalized spacial score (nSPS) is 12.9. The summed E-state index contributed by atoms with van der Waals surface area (Å²) < 4.78 is 28.9. The predicted octanol–water partition coefficient (Wildman–Crippen LogP) is -3.55. The zero-order chi connectivity index (χ0) is 10.5. The highest BCUT2D eigenvalue weighted by atomic mass is 32.2. The number of nitrogens with one attached hydrogen (secondary N) is 1. The standard InChI is InChI=1S/C4H12BNO6S/c7-1-4(2-8,3-9)6-5-13(10,11)12/h5-9H,1-3H2,(H,10,11,12). The van der Waals surface area contributed by atoms with E-state index in [1.54, 1.807) is 0 Å². The highest BCUT2D eigenvalue weighted by Gasteiger charge is 2.29. The summed E-state index contributed by atoms with van der Waals surface area (Å²) in [7, 11) is -4.23. The van der Waals surface area contributed by atoms with Gasteiger partial charge in [-0.3, -0.25) is 4.55 Å². The van der Waals surface area contributed by atoms with Gasteiger partial charge in [0.1, 0.15) is 0 Å². The lowest BCUT2D eigenvalue weighted by molar-refractivity contribution is 0.0583. The Balaban J connectivity index is 4.27. The molecule has 0 unspecified atom stereocenters. The maximum absolute atomic E-state index is 10.3. The summed E-state index contributed by atoms with van der Waals surface area (Å²) in [4.78, 5) is 0. The average Bonchev–Trinajstić information content (AvgIpc) is 2.06. The minimum Gasteiger partial charge on any atom is -0.394 e. The van der Waals surface area contributed by atoms with Gasteiger partial charge in [0.25, 0.3) is 0 Å². The van der Waals surface area contributed by atoms with Gasteiger partial charge in [-0.2, -0.15) is 0 Å². The molecule has 78 valence electrons. The van der Waals surface area contributed by atoms with E-state index in [1.165, 1.54) is 0 Å². The second-order valence-corrected chi connectivity index (χ2v) is 4.11. The van der Waals surface area contributed by atoms with Gasteiger partial charge >= 0.3 is 6.69 Å². The van der Waals surface area contributed by atoms with Gasteiger partial charge in [-0.25, -0.2) is 8.42 Å². The molecule has 0 radical (unpaired) electrons. The van der Waals surface area contributed by atoms with Crippen LogP contribution in [-0.2, 0) is 9.97 Å². The molecule has 5 N–H and O–H groups in total. The van der Waals surface area contributed by atoms with Crippen molar-refractivity contribution in [3.63, 3.8) is 0 Å². The van der Waals surface area contributed by atoms with Crippen LogP contribution in [0.1, 0.15) is 0 Å². The summed E-state index contributed by atoms with van der Waals surface area (Å²) in [6.45, 7) is -2.77. The Kier molecular flexibility index (Phi) is 4.82. The molecule has 0 aromatic carbocycles. The molecule has 9 heteroatoms. The topological polar surface area (TPSA) is 127 Å². The third-order valence-corrected chi connectivity index (χ3v) is 2.05. The largest absolute Gasteiger partial charge is 0.394 e. The Labute approximate surface area is 76.3 Å². The zero-order valence-electron chi connectivity index (χ0n) is 6.84. The zero-order valence-corrected chi connectivity index (χ0v) is 7.66. The van der Waals surface area contributed by atoms with Crippen molar-refractivity contribution < 1.29 is 28.3 Å². The fourth-order valence-electron chi connectivity index (χ4n) is 0.562. The number of aliphatic hydroxyl groups is 3. The van der Waals surface area contributed by atoms with E-state index in [2.05, 4.69) is 5.23 Å². The maximum Gasteiger partial charge on any atom is 0.388 e. The van der Waals surface area contributed by atoms with Crippen LogP contribution < -0.4 is 5.23 Å². The molecule has 0 heterocycles. The van der Waals surface area contributed by atoms with Crippen LogP contribution in [0.5, 0.6) is 0 Å². The SMILES string of the molecule is O=S(=O)(O)BNC(CO)(CO)CO. The van der Waals surface area contributed by atoms with Crippen LogP contribution in [0, 0.1) is 0 Å². The second kappa shape index (κ2) is 4.89. The Morgan fingerprint density at radius 3 is 1.77 bits per heavy atom. The smallest absolute Gasteiger partial charge is 0.388 e.